The summed E-state index contributed by atoms with van der Waals surface area (Å²) in [6.45, 7) is 1.89. The molecule has 0 aliphatic heterocycles. The van der Waals surface area contributed by atoms with Crippen molar-refractivity contribution >= 4 is 16.9 Å². The molecule has 0 spiro atoms. The van der Waals surface area contributed by atoms with Gasteiger partial charge < -0.3 is 15.5 Å². The van der Waals surface area contributed by atoms with E-state index < -0.39 is 11.5 Å². The number of aromatic amines is 1. The Balaban J connectivity index is 1.81. The largest absolute Gasteiger partial charge is 0.459 e. The Hall–Kier alpha value is -2.59. The van der Waals surface area contributed by atoms with Crippen molar-refractivity contribution in [2.45, 2.75) is 19.1 Å². The molecule has 1 atom stereocenters. The quantitative estimate of drug-likeness (QED) is 0.727. The van der Waals surface area contributed by atoms with Crippen LogP contribution in [-0.4, -0.2) is 11.0 Å². The first-order valence-electron chi connectivity index (χ1n) is 7.15. The van der Waals surface area contributed by atoms with E-state index in [0.717, 1.165) is 22.0 Å². The van der Waals surface area contributed by atoms with Gasteiger partial charge in [0.15, 0.2) is 0 Å². The molecule has 4 nitrogen and oxygen atoms in total. The lowest BCUT2D eigenvalue weighted by atomic mass is 9.93. The molecule has 4 heteroatoms. The van der Waals surface area contributed by atoms with Crippen LogP contribution in [0.25, 0.3) is 10.9 Å². The maximum Gasteiger partial charge on any atom is 0.330 e. The zero-order chi connectivity index (χ0) is 15.6. The third-order valence-corrected chi connectivity index (χ3v) is 3.79. The highest BCUT2D eigenvalue weighted by atomic mass is 16.5. The number of esters is 1. The summed E-state index contributed by atoms with van der Waals surface area (Å²) in [4.78, 5) is 15.6. The molecular formula is C18H18N2O2. The van der Waals surface area contributed by atoms with Crippen LogP contribution in [0, 0.1) is 0 Å². The third kappa shape index (κ3) is 2.61. The second-order valence-electron chi connectivity index (χ2n) is 5.51. The van der Waals surface area contributed by atoms with Crippen LogP contribution in [0.2, 0.25) is 0 Å². The van der Waals surface area contributed by atoms with E-state index in [-0.39, 0.29) is 6.61 Å². The molecule has 112 valence electrons. The van der Waals surface area contributed by atoms with Crippen LogP contribution in [0.15, 0.2) is 60.8 Å². The summed E-state index contributed by atoms with van der Waals surface area (Å²) in [5.41, 5.74) is 7.68. The van der Waals surface area contributed by atoms with Crippen molar-refractivity contribution in [3.63, 3.8) is 0 Å². The van der Waals surface area contributed by atoms with Gasteiger partial charge in [-0.1, -0.05) is 48.5 Å². The number of hydrogen-bond donors (Lipinski definition) is 2. The predicted octanol–water partition coefficient (Wildman–Crippen LogP) is 3.09. The molecule has 0 fully saturated rings. The summed E-state index contributed by atoms with van der Waals surface area (Å²) in [5.74, 6) is -0.443. The molecule has 3 N–H and O–H groups in total. The summed E-state index contributed by atoms with van der Waals surface area (Å²) in [7, 11) is 0. The minimum Gasteiger partial charge on any atom is -0.459 e. The molecule has 0 aliphatic carbocycles. The number of benzene rings is 2. The second-order valence-corrected chi connectivity index (χ2v) is 5.51. The first-order valence-corrected chi connectivity index (χ1v) is 7.15. The number of carbonyl (C=O) groups excluding carboxylic acids is 1. The fourth-order valence-corrected chi connectivity index (χ4v) is 2.48. The van der Waals surface area contributed by atoms with Crippen molar-refractivity contribution in [2.75, 3.05) is 0 Å². The number of fused-ring (bicyclic) bond motifs is 1. The smallest absolute Gasteiger partial charge is 0.330 e. The van der Waals surface area contributed by atoms with Crippen molar-refractivity contribution in [3.8, 4) is 0 Å². The summed E-state index contributed by atoms with van der Waals surface area (Å²) in [6, 6.07) is 17.3. The molecule has 1 unspecified atom stereocenters. The minimum absolute atomic E-state index is 0.217. The van der Waals surface area contributed by atoms with Crippen molar-refractivity contribution < 1.29 is 9.53 Å². The molecule has 0 bridgehead atoms. The van der Waals surface area contributed by atoms with Crippen LogP contribution >= 0.6 is 0 Å². The molecule has 0 amide bonds. The van der Waals surface area contributed by atoms with Gasteiger partial charge in [0.25, 0.3) is 0 Å². The standard InChI is InChI=1S/C18H18N2O2/c1-18(19,15-11-20-16-10-6-5-9-14(15)16)17(21)22-12-13-7-3-2-4-8-13/h2-11,20H,12,19H2,1H3. The van der Waals surface area contributed by atoms with Gasteiger partial charge in [0.05, 0.1) is 0 Å². The fraction of sp³-hybridized carbons (Fsp3) is 0.167. The third-order valence-electron chi connectivity index (χ3n) is 3.79. The number of rotatable bonds is 4. The Bertz CT molecular complexity index is 791. The number of aromatic nitrogens is 1. The lowest BCUT2D eigenvalue weighted by Crippen LogP contribution is -2.43. The summed E-state index contributed by atoms with van der Waals surface area (Å²) < 4.78 is 5.39. The van der Waals surface area contributed by atoms with Gasteiger partial charge in [-0.05, 0) is 18.6 Å². The van der Waals surface area contributed by atoms with Gasteiger partial charge >= 0.3 is 5.97 Å². The molecular weight excluding hydrogens is 276 g/mol. The van der Waals surface area contributed by atoms with E-state index in [9.17, 15) is 4.79 Å². The van der Waals surface area contributed by atoms with Crippen LogP contribution in [0.4, 0.5) is 0 Å². The van der Waals surface area contributed by atoms with E-state index in [1.165, 1.54) is 0 Å². The first-order chi connectivity index (χ1) is 10.6. The SMILES string of the molecule is CC(N)(C(=O)OCc1ccccc1)c1c[nH]c2ccccc12. The summed E-state index contributed by atoms with van der Waals surface area (Å²) in [6.07, 6.45) is 1.77. The normalized spacial score (nSPS) is 13.7. The number of hydrogen-bond acceptors (Lipinski definition) is 3. The van der Waals surface area contributed by atoms with Crippen molar-refractivity contribution in [1.82, 2.24) is 4.98 Å². The Morgan fingerprint density at radius 1 is 1.14 bits per heavy atom. The van der Waals surface area contributed by atoms with Crippen LogP contribution in [0.1, 0.15) is 18.1 Å². The average molecular weight is 294 g/mol. The van der Waals surface area contributed by atoms with Gasteiger partial charge in [-0.2, -0.15) is 0 Å². The highest BCUT2D eigenvalue weighted by molar-refractivity contribution is 5.92. The molecule has 3 aromatic rings. The fourth-order valence-electron chi connectivity index (χ4n) is 2.48. The van der Waals surface area contributed by atoms with E-state index >= 15 is 0 Å². The highest BCUT2D eigenvalue weighted by Crippen LogP contribution is 2.28. The van der Waals surface area contributed by atoms with Crippen molar-refractivity contribution in [2.24, 2.45) is 5.73 Å². The zero-order valence-electron chi connectivity index (χ0n) is 12.4. The topological polar surface area (TPSA) is 68.1 Å². The Labute approximate surface area is 128 Å². The molecule has 22 heavy (non-hydrogen) atoms. The monoisotopic (exact) mass is 294 g/mol. The molecule has 0 saturated heterocycles. The van der Waals surface area contributed by atoms with Crippen molar-refractivity contribution in [3.05, 3.63) is 71.9 Å². The number of para-hydroxylation sites is 1. The van der Waals surface area contributed by atoms with Crippen LogP contribution < -0.4 is 5.73 Å². The minimum atomic E-state index is -1.20. The van der Waals surface area contributed by atoms with Gasteiger partial charge in [-0.15, -0.1) is 0 Å². The lowest BCUT2D eigenvalue weighted by Gasteiger charge is -2.22. The van der Waals surface area contributed by atoms with Gasteiger partial charge in [0.1, 0.15) is 12.1 Å². The van der Waals surface area contributed by atoms with Gasteiger partial charge in [0, 0.05) is 22.7 Å². The van der Waals surface area contributed by atoms with E-state index in [1.54, 1.807) is 13.1 Å². The maximum atomic E-state index is 12.4. The molecule has 0 saturated carbocycles. The second kappa shape index (κ2) is 5.66. The van der Waals surface area contributed by atoms with E-state index in [2.05, 4.69) is 4.98 Å². The van der Waals surface area contributed by atoms with Crippen LogP contribution in [0.3, 0.4) is 0 Å². The summed E-state index contributed by atoms with van der Waals surface area (Å²) >= 11 is 0. The van der Waals surface area contributed by atoms with E-state index in [0.29, 0.717) is 0 Å². The number of nitrogens with one attached hydrogen (secondary N) is 1. The highest BCUT2D eigenvalue weighted by Gasteiger charge is 2.34. The number of carbonyl (C=O) groups is 1. The van der Waals surface area contributed by atoms with Gasteiger partial charge in [-0.25, -0.2) is 4.79 Å². The number of ether oxygens (including phenoxy) is 1. The van der Waals surface area contributed by atoms with Crippen LogP contribution in [0.5, 0.6) is 0 Å². The van der Waals surface area contributed by atoms with Crippen molar-refractivity contribution in [1.29, 1.82) is 0 Å². The average Bonchev–Trinajstić information content (AvgIpc) is 2.98. The summed E-state index contributed by atoms with van der Waals surface area (Å²) in [5, 5.41) is 0.934. The molecule has 1 heterocycles. The molecule has 0 aliphatic rings. The predicted molar refractivity (Wildman–Crippen MR) is 86.1 cm³/mol. The maximum absolute atomic E-state index is 12.4. The lowest BCUT2D eigenvalue weighted by molar-refractivity contribution is -0.151. The molecule has 0 radical (unpaired) electrons. The van der Waals surface area contributed by atoms with Gasteiger partial charge in [0.2, 0.25) is 0 Å². The zero-order valence-corrected chi connectivity index (χ0v) is 12.4. The Morgan fingerprint density at radius 2 is 1.82 bits per heavy atom. The van der Waals surface area contributed by atoms with Crippen LogP contribution in [-0.2, 0) is 21.7 Å². The Morgan fingerprint density at radius 3 is 2.59 bits per heavy atom. The molecule has 2 aromatic carbocycles. The van der Waals surface area contributed by atoms with Gasteiger partial charge in [-0.3, -0.25) is 0 Å². The first kappa shape index (κ1) is 14.4. The van der Waals surface area contributed by atoms with E-state index in [1.807, 2.05) is 54.6 Å². The Kier molecular flexibility index (Phi) is 3.69. The molecule has 1 aromatic heterocycles. The van der Waals surface area contributed by atoms with E-state index in [4.69, 9.17) is 10.5 Å². The number of H-pyrrole nitrogens is 1. The molecule has 3 rings (SSSR count). The number of nitrogens with two attached hydrogens (primary N) is 1.